The minimum atomic E-state index is 0.327. The number of hydrogen-bond donors (Lipinski definition) is 1. The molecule has 3 atom stereocenters. The lowest BCUT2D eigenvalue weighted by Gasteiger charge is -2.39. The van der Waals surface area contributed by atoms with E-state index in [-0.39, 0.29) is 0 Å². The number of hydrogen-bond acceptors (Lipinski definition) is 7. The first kappa shape index (κ1) is 20.3. The van der Waals surface area contributed by atoms with Gasteiger partial charge in [0.15, 0.2) is 5.15 Å². The number of aryl methyl sites for hydroxylation is 1. The smallest absolute Gasteiger partial charge is 0.322 e. The van der Waals surface area contributed by atoms with E-state index in [0.29, 0.717) is 52.3 Å². The third-order valence-corrected chi connectivity index (χ3v) is 6.47. The molecule has 8 nitrogen and oxygen atoms in total. The van der Waals surface area contributed by atoms with E-state index in [9.17, 15) is 0 Å². The van der Waals surface area contributed by atoms with Crippen molar-refractivity contribution in [3.05, 3.63) is 46.7 Å². The molecule has 1 aliphatic carbocycles. The molecule has 2 aliphatic rings. The highest BCUT2D eigenvalue weighted by molar-refractivity contribution is 6.30. The molecule has 1 aromatic carbocycles. The summed E-state index contributed by atoms with van der Waals surface area (Å²) in [6.07, 6.45) is 4.12. The van der Waals surface area contributed by atoms with Crippen LogP contribution >= 0.6 is 23.2 Å². The van der Waals surface area contributed by atoms with Crippen molar-refractivity contribution >= 4 is 34.8 Å². The normalized spacial score (nSPS) is 22.5. The SMILES string of the molecule is CCn1nc(N[C@H]2[C@@H]3CC[C@H]2CN(c2cnnc(Cl)c2)C3)nc1Oc1cccc(Cl)c1. The summed E-state index contributed by atoms with van der Waals surface area (Å²) in [5, 5.41) is 17.1. The third-order valence-electron chi connectivity index (χ3n) is 6.05. The van der Waals surface area contributed by atoms with E-state index in [1.807, 2.05) is 31.2 Å². The van der Waals surface area contributed by atoms with Crippen LogP contribution in [0.5, 0.6) is 11.8 Å². The monoisotopic (exact) mass is 459 g/mol. The molecule has 162 valence electrons. The number of fused-ring (bicyclic) bond motifs is 2. The van der Waals surface area contributed by atoms with Crippen molar-refractivity contribution in [3.8, 4) is 11.8 Å². The maximum atomic E-state index is 6.07. The Morgan fingerprint density at radius 2 is 1.97 bits per heavy atom. The summed E-state index contributed by atoms with van der Waals surface area (Å²) in [5.74, 6) is 2.23. The first-order valence-corrected chi connectivity index (χ1v) is 11.2. The van der Waals surface area contributed by atoms with Gasteiger partial charge in [-0.1, -0.05) is 29.3 Å². The fourth-order valence-corrected chi connectivity index (χ4v) is 4.96. The van der Waals surface area contributed by atoms with Crippen LogP contribution < -0.4 is 15.0 Å². The van der Waals surface area contributed by atoms with Crippen molar-refractivity contribution < 1.29 is 4.74 Å². The van der Waals surface area contributed by atoms with Crippen LogP contribution in [0, 0.1) is 11.8 Å². The second-order valence-electron chi connectivity index (χ2n) is 8.00. The number of anilines is 2. The molecule has 10 heteroatoms. The zero-order valence-electron chi connectivity index (χ0n) is 17.1. The van der Waals surface area contributed by atoms with E-state index in [0.717, 1.165) is 18.8 Å². The Hall–Kier alpha value is -2.58. The Kier molecular flexibility index (Phi) is 5.58. The van der Waals surface area contributed by atoms with Crippen molar-refractivity contribution in [2.75, 3.05) is 23.3 Å². The van der Waals surface area contributed by atoms with E-state index in [1.165, 1.54) is 12.8 Å². The van der Waals surface area contributed by atoms with Gasteiger partial charge in [-0.15, -0.1) is 10.2 Å². The molecule has 0 radical (unpaired) electrons. The quantitative estimate of drug-likeness (QED) is 0.580. The van der Waals surface area contributed by atoms with Crippen LogP contribution in [0.2, 0.25) is 10.2 Å². The van der Waals surface area contributed by atoms with Gasteiger partial charge in [-0.05, 0) is 49.8 Å². The van der Waals surface area contributed by atoms with Crippen molar-refractivity contribution in [1.82, 2.24) is 25.0 Å². The largest absolute Gasteiger partial charge is 0.424 e. The van der Waals surface area contributed by atoms with Crippen LogP contribution in [0.3, 0.4) is 0 Å². The van der Waals surface area contributed by atoms with Gasteiger partial charge in [0.25, 0.3) is 0 Å². The molecule has 1 saturated heterocycles. The molecule has 2 bridgehead atoms. The molecular weight excluding hydrogens is 437 g/mol. The fraction of sp³-hybridized carbons (Fsp3) is 0.429. The lowest BCUT2D eigenvalue weighted by atomic mass is 9.92. The van der Waals surface area contributed by atoms with Crippen LogP contribution in [0.4, 0.5) is 11.6 Å². The highest BCUT2D eigenvalue weighted by atomic mass is 35.5. The predicted octanol–water partition coefficient (Wildman–Crippen LogP) is 4.51. The first-order chi connectivity index (χ1) is 15.1. The Bertz CT molecular complexity index is 1060. The molecule has 1 saturated carbocycles. The number of piperidine rings is 1. The minimum absolute atomic E-state index is 0.327. The minimum Gasteiger partial charge on any atom is -0.424 e. The molecule has 2 aromatic heterocycles. The number of halogens is 2. The first-order valence-electron chi connectivity index (χ1n) is 10.5. The molecule has 1 aliphatic heterocycles. The highest BCUT2D eigenvalue weighted by Gasteiger charge is 2.42. The average molecular weight is 460 g/mol. The standard InChI is InChI=1S/C21H23Cl2N7O/c1-2-30-21(31-17-5-3-4-15(22)8-17)26-20(28-30)25-19-13-6-7-14(19)12-29(11-13)16-9-18(23)27-24-10-16/h3-5,8-10,13-14,19H,2,6-7,11-12H2,1H3,(H,25,28)/t13-,14+,19+. The Balaban J connectivity index is 1.30. The van der Waals surface area contributed by atoms with Crippen LogP contribution in [-0.4, -0.2) is 44.1 Å². The van der Waals surface area contributed by atoms with Gasteiger partial charge in [0.2, 0.25) is 5.95 Å². The van der Waals surface area contributed by atoms with Crippen molar-refractivity contribution in [1.29, 1.82) is 0 Å². The van der Waals surface area contributed by atoms with E-state index in [2.05, 4.69) is 30.5 Å². The molecule has 1 N–H and O–H groups in total. The van der Waals surface area contributed by atoms with Crippen LogP contribution in [-0.2, 0) is 6.54 Å². The molecule has 0 unspecified atom stereocenters. The number of aromatic nitrogens is 5. The van der Waals surface area contributed by atoms with E-state index < -0.39 is 0 Å². The van der Waals surface area contributed by atoms with Crippen molar-refractivity contribution in [3.63, 3.8) is 0 Å². The zero-order valence-corrected chi connectivity index (χ0v) is 18.6. The molecule has 31 heavy (non-hydrogen) atoms. The highest BCUT2D eigenvalue weighted by Crippen LogP contribution is 2.40. The number of nitrogens with zero attached hydrogens (tertiary/aromatic N) is 6. The number of rotatable bonds is 6. The maximum absolute atomic E-state index is 6.07. The summed E-state index contributed by atoms with van der Waals surface area (Å²) < 4.78 is 7.69. The van der Waals surface area contributed by atoms with Crippen molar-refractivity contribution in [2.45, 2.75) is 32.4 Å². The van der Waals surface area contributed by atoms with E-state index >= 15 is 0 Å². The molecule has 0 amide bonds. The van der Waals surface area contributed by atoms with Gasteiger partial charge in [0.05, 0.1) is 11.9 Å². The summed E-state index contributed by atoms with van der Waals surface area (Å²) in [5.41, 5.74) is 1.03. The van der Waals surface area contributed by atoms with E-state index in [1.54, 1.807) is 16.9 Å². The third kappa shape index (κ3) is 4.27. The summed E-state index contributed by atoms with van der Waals surface area (Å²) in [6.45, 7) is 4.55. The Labute approximate surface area is 190 Å². The molecule has 5 rings (SSSR count). The van der Waals surface area contributed by atoms with E-state index in [4.69, 9.17) is 27.9 Å². The molecule has 3 aromatic rings. The lowest BCUT2D eigenvalue weighted by Crippen LogP contribution is -2.48. The Morgan fingerprint density at radius 3 is 2.68 bits per heavy atom. The summed E-state index contributed by atoms with van der Waals surface area (Å²) in [6, 6.07) is 9.93. The topological polar surface area (TPSA) is 81.0 Å². The van der Waals surface area contributed by atoms with Gasteiger partial charge in [0.1, 0.15) is 5.75 Å². The number of benzene rings is 1. The maximum Gasteiger partial charge on any atom is 0.322 e. The summed E-state index contributed by atoms with van der Waals surface area (Å²) in [7, 11) is 0. The zero-order chi connectivity index (χ0) is 21.4. The second-order valence-corrected chi connectivity index (χ2v) is 8.83. The van der Waals surface area contributed by atoms with Crippen LogP contribution in [0.15, 0.2) is 36.5 Å². The fourth-order valence-electron chi connectivity index (χ4n) is 4.63. The number of ether oxygens (including phenoxy) is 1. The van der Waals surface area contributed by atoms with Gasteiger partial charge in [-0.2, -0.15) is 10.1 Å². The molecule has 3 heterocycles. The van der Waals surface area contributed by atoms with Gasteiger partial charge < -0.3 is 15.0 Å². The average Bonchev–Trinajstić information content (AvgIpc) is 3.23. The van der Waals surface area contributed by atoms with Crippen LogP contribution in [0.1, 0.15) is 19.8 Å². The van der Waals surface area contributed by atoms with Gasteiger partial charge in [-0.25, -0.2) is 4.68 Å². The number of nitrogens with one attached hydrogen (secondary N) is 1. The van der Waals surface area contributed by atoms with Crippen molar-refractivity contribution in [2.24, 2.45) is 11.8 Å². The van der Waals surface area contributed by atoms with Crippen LogP contribution in [0.25, 0.3) is 0 Å². The molecular formula is C21H23Cl2N7O. The van der Waals surface area contributed by atoms with Gasteiger partial charge in [0, 0.05) is 36.8 Å². The molecule has 2 fully saturated rings. The predicted molar refractivity (Wildman–Crippen MR) is 120 cm³/mol. The van der Waals surface area contributed by atoms with Gasteiger partial charge in [-0.3, -0.25) is 0 Å². The lowest BCUT2D eigenvalue weighted by molar-refractivity contribution is 0.376. The molecule has 0 spiro atoms. The summed E-state index contributed by atoms with van der Waals surface area (Å²) in [4.78, 5) is 6.97. The Morgan fingerprint density at radius 1 is 1.16 bits per heavy atom. The summed E-state index contributed by atoms with van der Waals surface area (Å²) >= 11 is 12.1. The second kappa shape index (κ2) is 8.51. The van der Waals surface area contributed by atoms with Gasteiger partial charge >= 0.3 is 6.01 Å².